The average Bonchev–Trinajstić information content (AvgIpc) is 3.03. The third kappa shape index (κ3) is 5.82. The molecular formula is C25H18BrCl2NO3S. The molecular weight excluding hydrogens is 545 g/mol. The Kier molecular flexibility index (Phi) is 7.49. The number of benzene rings is 3. The molecule has 1 heterocycles. The van der Waals surface area contributed by atoms with Gasteiger partial charge in [-0.2, -0.15) is 0 Å². The number of thioether (sulfide) groups is 1. The van der Waals surface area contributed by atoms with E-state index in [2.05, 4.69) is 15.9 Å². The second-order valence-corrected chi connectivity index (χ2v) is 10.2. The van der Waals surface area contributed by atoms with Gasteiger partial charge >= 0.3 is 0 Å². The lowest BCUT2D eigenvalue weighted by molar-refractivity contribution is -0.123. The Morgan fingerprint density at radius 1 is 1.03 bits per heavy atom. The van der Waals surface area contributed by atoms with E-state index >= 15 is 0 Å². The van der Waals surface area contributed by atoms with Gasteiger partial charge in [0.05, 0.1) is 15.9 Å². The van der Waals surface area contributed by atoms with Gasteiger partial charge in [-0.25, -0.2) is 0 Å². The smallest absolute Gasteiger partial charge is 0.293 e. The highest BCUT2D eigenvalue weighted by atomic mass is 79.9. The second kappa shape index (κ2) is 10.3. The van der Waals surface area contributed by atoms with Gasteiger partial charge in [-0.3, -0.25) is 14.5 Å². The Balaban J connectivity index is 1.45. The maximum absolute atomic E-state index is 12.8. The van der Waals surface area contributed by atoms with E-state index in [-0.39, 0.29) is 24.3 Å². The number of hydrogen-bond donors (Lipinski definition) is 0. The quantitative estimate of drug-likeness (QED) is 0.287. The summed E-state index contributed by atoms with van der Waals surface area (Å²) < 4.78 is 6.59. The van der Waals surface area contributed by atoms with Crippen LogP contribution in [-0.4, -0.2) is 16.0 Å². The Morgan fingerprint density at radius 2 is 1.79 bits per heavy atom. The van der Waals surface area contributed by atoms with E-state index in [1.54, 1.807) is 24.3 Å². The zero-order valence-corrected chi connectivity index (χ0v) is 21.4. The van der Waals surface area contributed by atoms with Crippen molar-refractivity contribution >= 4 is 68.1 Å². The first-order chi connectivity index (χ1) is 15.8. The molecule has 2 amide bonds. The molecule has 0 N–H and O–H groups in total. The van der Waals surface area contributed by atoms with Crippen LogP contribution >= 0.6 is 50.9 Å². The molecule has 3 aromatic rings. The van der Waals surface area contributed by atoms with Crippen molar-refractivity contribution in [2.75, 3.05) is 0 Å². The van der Waals surface area contributed by atoms with Gasteiger partial charge < -0.3 is 4.74 Å². The minimum absolute atomic E-state index is 0.256. The fraction of sp³-hybridized carbons (Fsp3) is 0.120. The summed E-state index contributed by atoms with van der Waals surface area (Å²) in [7, 11) is 0. The lowest BCUT2D eigenvalue weighted by atomic mass is 10.1. The summed E-state index contributed by atoms with van der Waals surface area (Å²) in [5.74, 6) is 0.338. The maximum atomic E-state index is 12.8. The summed E-state index contributed by atoms with van der Waals surface area (Å²) in [6.45, 7) is 2.53. The van der Waals surface area contributed by atoms with Crippen LogP contribution < -0.4 is 4.74 Å². The average molecular weight is 563 g/mol. The number of carbonyl (C=O) groups excluding carboxylic acids is 2. The number of carbonyl (C=O) groups is 2. The number of aryl methyl sites for hydroxylation is 1. The molecule has 0 aromatic heterocycles. The van der Waals surface area contributed by atoms with Gasteiger partial charge in [-0.1, -0.05) is 65.2 Å². The molecule has 0 spiro atoms. The number of nitrogens with zero attached hydrogens (tertiary/aromatic N) is 1. The van der Waals surface area contributed by atoms with Gasteiger partial charge in [0, 0.05) is 15.6 Å². The number of halogens is 3. The van der Waals surface area contributed by atoms with Crippen molar-refractivity contribution < 1.29 is 14.3 Å². The SMILES string of the molecule is Cc1ccc(CN2C(=O)S/C(=C\c3ccc(OCc4ccc(Cl)cc4Cl)c(Br)c3)C2=O)cc1. The second-order valence-electron chi connectivity index (χ2n) is 7.47. The molecule has 1 fully saturated rings. The van der Waals surface area contributed by atoms with E-state index in [0.29, 0.717) is 20.7 Å². The maximum Gasteiger partial charge on any atom is 0.293 e. The summed E-state index contributed by atoms with van der Waals surface area (Å²) in [6, 6.07) is 18.5. The van der Waals surface area contributed by atoms with Crippen molar-refractivity contribution in [1.82, 2.24) is 4.90 Å². The monoisotopic (exact) mass is 561 g/mol. The van der Waals surface area contributed by atoms with Gasteiger partial charge in [-0.15, -0.1) is 0 Å². The first-order valence-electron chi connectivity index (χ1n) is 9.97. The number of amides is 2. The molecule has 4 rings (SSSR count). The minimum Gasteiger partial charge on any atom is -0.488 e. The van der Waals surface area contributed by atoms with E-state index in [1.165, 1.54) is 4.90 Å². The highest BCUT2D eigenvalue weighted by Crippen LogP contribution is 2.35. The van der Waals surface area contributed by atoms with Crippen LogP contribution in [-0.2, 0) is 17.9 Å². The number of imide groups is 1. The van der Waals surface area contributed by atoms with Crippen molar-refractivity contribution in [2.45, 2.75) is 20.1 Å². The predicted molar refractivity (Wildman–Crippen MR) is 138 cm³/mol. The molecule has 4 nitrogen and oxygen atoms in total. The Morgan fingerprint density at radius 3 is 2.48 bits per heavy atom. The third-order valence-electron chi connectivity index (χ3n) is 4.99. The number of rotatable bonds is 6. The number of ether oxygens (including phenoxy) is 1. The number of hydrogen-bond acceptors (Lipinski definition) is 4. The van der Waals surface area contributed by atoms with Crippen molar-refractivity contribution in [3.63, 3.8) is 0 Å². The first kappa shape index (κ1) is 23.9. The fourth-order valence-electron chi connectivity index (χ4n) is 3.18. The summed E-state index contributed by atoms with van der Waals surface area (Å²) in [5.41, 5.74) is 3.63. The molecule has 0 bridgehead atoms. The van der Waals surface area contributed by atoms with Crippen LogP contribution in [0, 0.1) is 6.92 Å². The zero-order valence-electron chi connectivity index (χ0n) is 17.5. The molecule has 0 atom stereocenters. The molecule has 8 heteroatoms. The molecule has 1 aliphatic rings. The highest BCUT2D eigenvalue weighted by molar-refractivity contribution is 9.10. The molecule has 0 saturated carbocycles. The van der Waals surface area contributed by atoms with Crippen LogP contribution in [0.2, 0.25) is 10.0 Å². The lowest BCUT2D eigenvalue weighted by Gasteiger charge is -2.12. The van der Waals surface area contributed by atoms with Gasteiger partial charge in [0.2, 0.25) is 0 Å². The van der Waals surface area contributed by atoms with Crippen LogP contribution in [0.5, 0.6) is 5.75 Å². The first-order valence-corrected chi connectivity index (χ1v) is 12.3. The van der Waals surface area contributed by atoms with Crippen molar-refractivity contribution in [2.24, 2.45) is 0 Å². The van der Waals surface area contributed by atoms with Crippen LogP contribution in [0.3, 0.4) is 0 Å². The van der Waals surface area contributed by atoms with E-state index in [9.17, 15) is 9.59 Å². The van der Waals surface area contributed by atoms with Crippen LogP contribution in [0.1, 0.15) is 22.3 Å². The van der Waals surface area contributed by atoms with Crippen LogP contribution in [0.25, 0.3) is 6.08 Å². The van der Waals surface area contributed by atoms with Crippen molar-refractivity contribution in [1.29, 1.82) is 0 Å². The van der Waals surface area contributed by atoms with Gasteiger partial charge in [-0.05, 0) is 76.1 Å². The van der Waals surface area contributed by atoms with E-state index in [4.69, 9.17) is 27.9 Å². The van der Waals surface area contributed by atoms with E-state index in [0.717, 1.165) is 38.5 Å². The molecule has 168 valence electrons. The normalized spacial score (nSPS) is 14.9. The molecule has 0 radical (unpaired) electrons. The lowest BCUT2D eigenvalue weighted by Crippen LogP contribution is -2.27. The fourth-order valence-corrected chi connectivity index (χ4v) is 4.99. The van der Waals surface area contributed by atoms with Gasteiger partial charge in [0.25, 0.3) is 11.1 Å². The van der Waals surface area contributed by atoms with Crippen LogP contribution in [0.4, 0.5) is 4.79 Å². The van der Waals surface area contributed by atoms with Crippen molar-refractivity contribution in [3.05, 3.63) is 102 Å². The Labute approximate surface area is 214 Å². The van der Waals surface area contributed by atoms with Gasteiger partial charge in [0.1, 0.15) is 12.4 Å². The molecule has 1 saturated heterocycles. The largest absolute Gasteiger partial charge is 0.488 e. The third-order valence-corrected chi connectivity index (χ3v) is 7.10. The summed E-state index contributed by atoms with van der Waals surface area (Å²) in [5, 5.41) is 0.833. The van der Waals surface area contributed by atoms with E-state index in [1.807, 2.05) is 49.4 Å². The van der Waals surface area contributed by atoms with Crippen LogP contribution in [0.15, 0.2) is 70.0 Å². The summed E-state index contributed by atoms with van der Waals surface area (Å²) in [6.07, 6.45) is 1.71. The van der Waals surface area contributed by atoms with Crippen molar-refractivity contribution in [3.8, 4) is 5.75 Å². The highest BCUT2D eigenvalue weighted by Gasteiger charge is 2.35. The van der Waals surface area contributed by atoms with Gasteiger partial charge in [0.15, 0.2) is 0 Å². The topological polar surface area (TPSA) is 46.6 Å². The molecule has 3 aromatic carbocycles. The molecule has 33 heavy (non-hydrogen) atoms. The molecule has 1 aliphatic heterocycles. The summed E-state index contributed by atoms with van der Waals surface area (Å²) >= 11 is 16.6. The standard InChI is InChI=1S/C25H18BrCl2NO3S/c1-15-2-4-16(5-3-15)13-29-24(30)23(33-25(29)31)11-17-6-9-22(20(26)10-17)32-14-18-7-8-19(27)12-21(18)28/h2-12H,13-14H2,1H3/b23-11-. The minimum atomic E-state index is -0.292. The Bertz CT molecular complexity index is 1260. The zero-order chi connectivity index (χ0) is 23.5. The Hall–Kier alpha value is -2.25. The van der Waals surface area contributed by atoms with E-state index < -0.39 is 0 Å². The summed E-state index contributed by atoms with van der Waals surface area (Å²) in [4.78, 5) is 26.9. The molecule has 0 unspecified atom stereocenters. The molecule has 0 aliphatic carbocycles. The predicted octanol–water partition coefficient (Wildman–Crippen LogP) is 7.88.